The molecule has 0 bridgehead atoms. The van der Waals surface area contributed by atoms with E-state index in [1.54, 1.807) is 7.11 Å². The molecule has 1 N–H and O–H groups in total. The Kier molecular flexibility index (Phi) is 6.66. The Bertz CT molecular complexity index is 467. The molecule has 20 heavy (non-hydrogen) atoms. The number of ether oxygens (including phenoxy) is 2. The van der Waals surface area contributed by atoms with Crippen molar-refractivity contribution in [3.05, 3.63) is 34.3 Å². The zero-order valence-electron chi connectivity index (χ0n) is 12.3. The molecular weight excluding hydrogens is 297 g/mol. The van der Waals surface area contributed by atoms with E-state index >= 15 is 0 Å². The number of rotatable bonds is 6. The molecule has 0 fully saturated rings. The van der Waals surface area contributed by atoms with E-state index in [4.69, 9.17) is 32.7 Å². The van der Waals surface area contributed by atoms with E-state index in [9.17, 15) is 0 Å². The van der Waals surface area contributed by atoms with Gasteiger partial charge in [-0.05, 0) is 38.5 Å². The molecule has 0 aromatic heterocycles. The molecule has 5 heteroatoms. The fourth-order valence-electron chi connectivity index (χ4n) is 1.49. The van der Waals surface area contributed by atoms with Crippen LogP contribution in [0.3, 0.4) is 0 Å². The maximum absolute atomic E-state index is 5.82. The Balaban J connectivity index is 2.80. The van der Waals surface area contributed by atoms with Crippen LogP contribution < -0.4 is 14.8 Å². The van der Waals surface area contributed by atoms with E-state index in [1.807, 2.05) is 18.2 Å². The van der Waals surface area contributed by atoms with Crippen LogP contribution in [0.2, 0.25) is 0 Å². The van der Waals surface area contributed by atoms with Gasteiger partial charge >= 0.3 is 0 Å². The summed E-state index contributed by atoms with van der Waals surface area (Å²) < 4.78 is 10.9. The first-order chi connectivity index (χ1) is 9.35. The maximum Gasteiger partial charge on any atom is 0.162 e. The van der Waals surface area contributed by atoms with Gasteiger partial charge in [-0.25, -0.2) is 0 Å². The van der Waals surface area contributed by atoms with Crippen molar-refractivity contribution in [1.29, 1.82) is 0 Å². The summed E-state index contributed by atoms with van der Waals surface area (Å²) in [4.78, 5) is 0. The highest BCUT2D eigenvalue weighted by atomic mass is 35.5. The largest absolute Gasteiger partial charge is 0.493 e. The van der Waals surface area contributed by atoms with Crippen molar-refractivity contribution in [3.8, 4) is 11.5 Å². The molecule has 0 saturated carbocycles. The number of hydrogen-bond donors (Lipinski definition) is 1. The molecular formula is C15H21Cl2NO2. The summed E-state index contributed by atoms with van der Waals surface area (Å²) in [6.07, 6.45) is 0. The van der Waals surface area contributed by atoms with Gasteiger partial charge in [0.25, 0.3) is 0 Å². The smallest absolute Gasteiger partial charge is 0.162 e. The summed E-state index contributed by atoms with van der Waals surface area (Å²) in [5.41, 5.74) is 2.46. The fourth-order valence-corrected chi connectivity index (χ4v) is 1.61. The standard InChI is InChI=1S/C15H21Cl2NO2/c1-15(2,3)18-9-11-5-6-13(19-4)14(7-11)20-10-12(17)8-16/h5-8,18H,9-10H2,1-4H3. The molecule has 0 atom stereocenters. The minimum atomic E-state index is 0.0611. The molecule has 112 valence electrons. The zero-order chi connectivity index (χ0) is 15.2. The average molecular weight is 318 g/mol. The number of nitrogens with one attached hydrogen (secondary N) is 1. The van der Waals surface area contributed by atoms with Gasteiger partial charge in [0.05, 0.1) is 12.1 Å². The number of benzene rings is 1. The fraction of sp³-hybridized carbons (Fsp3) is 0.467. The highest BCUT2D eigenvalue weighted by Gasteiger charge is 2.11. The Hall–Kier alpha value is -0.900. The molecule has 0 saturated heterocycles. The zero-order valence-corrected chi connectivity index (χ0v) is 13.8. The SMILES string of the molecule is COc1ccc(CNC(C)(C)C)cc1OCC(Cl)=CCl. The summed E-state index contributed by atoms with van der Waals surface area (Å²) >= 11 is 11.3. The van der Waals surface area contributed by atoms with Crippen molar-refractivity contribution in [2.45, 2.75) is 32.9 Å². The maximum atomic E-state index is 5.82. The molecule has 0 spiro atoms. The predicted octanol–water partition coefficient (Wildman–Crippen LogP) is 4.28. The molecule has 3 nitrogen and oxygen atoms in total. The molecule has 0 unspecified atom stereocenters. The second-order valence-electron chi connectivity index (χ2n) is 5.43. The van der Waals surface area contributed by atoms with Crippen molar-refractivity contribution in [2.75, 3.05) is 13.7 Å². The lowest BCUT2D eigenvalue weighted by molar-refractivity contribution is 0.323. The minimum Gasteiger partial charge on any atom is -0.493 e. The Labute approximate surface area is 130 Å². The Morgan fingerprint density at radius 1 is 1.30 bits per heavy atom. The summed E-state index contributed by atoms with van der Waals surface area (Å²) in [5.74, 6) is 1.32. The molecule has 0 amide bonds. The first kappa shape index (κ1) is 17.2. The van der Waals surface area contributed by atoms with Gasteiger partial charge in [0, 0.05) is 17.6 Å². The number of methoxy groups -OCH3 is 1. The van der Waals surface area contributed by atoms with Crippen LogP contribution in [0.15, 0.2) is 28.8 Å². The van der Waals surface area contributed by atoms with E-state index in [0.29, 0.717) is 16.5 Å². The molecule has 0 radical (unpaired) electrons. The minimum absolute atomic E-state index is 0.0611. The van der Waals surface area contributed by atoms with E-state index < -0.39 is 0 Å². The summed E-state index contributed by atoms with van der Waals surface area (Å²) in [7, 11) is 1.61. The van der Waals surface area contributed by atoms with Gasteiger partial charge in [0.1, 0.15) is 6.61 Å². The second-order valence-corrected chi connectivity index (χ2v) is 6.14. The normalized spacial score (nSPS) is 12.4. The van der Waals surface area contributed by atoms with Gasteiger partial charge in [-0.3, -0.25) is 0 Å². The molecule has 1 rings (SSSR count). The average Bonchev–Trinajstić information content (AvgIpc) is 2.41. The number of halogens is 2. The van der Waals surface area contributed by atoms with Crippen LogP contribution in [0.1, 0.15) is 26.3 Å². The van der Waals surface area contributed by atoms with Gasteiger partial charge in [-0.1, -0.05) is 29.3 Å². The van der Waals surface area contributed by atoms with Gasteiger partial charge < -0.3 is 14.8 Å². The lowest BCUT2D eigenvalue weighted by Gasteiger charge is -2.21. The van der Waals surface area contributed by atoms with Crippen LogP contribution in [0, 0.1) is 0 Å². The van der Waals surface area contributed by atoms with Crippen LogP contribution in [-0.4, -0.2) is 19.3 Å². The third-order valence-corrected chi connectivity index (χ3v) is 3.13. The van der Waals surface area contributed by atoms with E-state index in [0.717, 1.165) is 12.1 Å². The van der Waals surface area contributed by atoms with Gasteiger partial charge in [-0.15, -0.1) is 0 Å². The molecule has 0 aliphatic heterocycles. The lowest BCUT2D eigenvalue weighted by Crippen LogP contribution is -2.35. The Morgan fingerprint density at radius 3 is 2.55 bits per heavy atom. The van der Waals surface area contributed by atoms with E-state index in [2.05, 4.69) is 26.1 Å². The summed E-state index contributed by atoms with van der Waals surface area (Å²) in [6, 6.07) is 5.83. The predicted molar refractivity (Wildman–Crippen MR) is 84.9 cm³/mol. The quantitative estimate of drug-likeness (QED) is 0.849. The van der Waals surface area contributed by atoms with Crippen LogP contribution in [0.5, 0.6) is 11.5 Å². The van der Waals surface area contributed by atoms with Gasteiger partial charge in [-0.2, -0.15) is 0 Å². The van der Waals surface area contributed by atoms with Crippen molar-refractivity contribution in [1.82, 2.24) is 5.32 Å². The van der Waals surface area contributed by atoms with Gasteiger partial charge in [0.2, 0.25) is 0 Å². The molecule has 1 aromatic rings. The summed E-state index contributed by atoms with van der Waals surface area (Å²) in [5, 5.41) is 3.86. The molecule has 1 aromatic carbocycles. The first-order valence-corrected chi connectivity index (χ1v) is 7.16. The third-order valence-electron chi connectivity index (χ3n) is 2.53. The highest BCUT2D eigenvalue weighted by molar-refractivity contribution is 6.36. The van der Waals surface area contributed by atoms with E-state index in [1.165, 1.54) is 5.54 Å². The summed E-state index contributed by atoms with van der Waals surface area (Å²) in [6.45, 7) is 7.34. The van der Waals surface area contributed by atoms with Gasteiger partial charge in [0.15, 0.2) is 11.5 Å². The van der Waals surface area contributed by atoms with Crippen LogP contribution in [-0.2, 0) is 6.54 Å². The molecule has 0 aliphatic rings. The van der Waals surface area contributed by atoms with Crippen molar-refractivity contribution in [2.24, 2.45) is 0 Å². The van der Waals surface area contributed by atoms with Crippen molar-refractivity contribution in [3.63, 3.8) is 0 Å². The van der Waals surface area contributed by atoms with Crippen LogP contribution in [0.4, 0.5) is 0 Å². The Morgan fingerprint density at radius 2 is 2.00 bits per heavy atom. The third kappa shape index (κ3) is 6.04. The van der Waals surface area contributed by atoms with Crippen LogP contribution in [0.25, 0.3) is 0 Å². The molecule has 0 aliphatic carbocycles. The van der Waals surface area contributed by atoms with Crippen molar-refractivity contribution < 1.29 is 9.47 Å². The lowest BCUT2D eigenvalue weighted by atomic mass is 10.1. The first-order valence-electron chi connectivity index (χ1n) is 6.35. The number of hydrogen-bond acceptors (Lipinski definition) is 3. The second kappa shape index (κ2) is 7.77. The monoisotopic (exact) mass is 317 g/mol. The van der Waals surface area contributed by atoms with Crippen LogP contribution >= 0.6 is 23.2 Å². The highest BCUT2D eigenvalue weighted by Crippen LogP contribution is 2.29. The molecule has 0 heterocycles. The van der Waals surface area contributed by atoms with Crippen molar-refractivity contribution >= 4 is 23.2 Å². The van der Waals surface area contributed by atoms with E-state index in [-0.39, 0.29) is 12.1 Å². The topological polar surface area (TPSA) is 30.5 Å².